The number of amides is 1. The Morgan fingerprint density at radius 1 is 1.19 bits per heavy atom. The number of nitrogens with two attached hydrogens (primary N) is 1. The predicted octanol–water partition coefficient (Wildman–Crippen LogP) is 2.15. The third kappa shape index (κ3) is 4.14. The third-order valence-electron chi connectivity index (χ3n) is 3.76. The minimum absolute atomic E-state index is 0.228. The Morgan fingerprint density at radius 3 is 2.52 bits per heavy atom. The number of rotatable bonds is 4. The first kappa shape index (κ1) is 15.7. The molecule has 1 amide bonds. The lowest BCUT2D eigenvalue weighted by molar-refractivity contribution is 0.0940. The molecular formula is C15H21F2N3O. The largest absolute Gasteiger partial charge is 0.396 e. The molecule has 0 bridgehead atoms. The Kier molecular flexibility index (Phi) is 5.50. The quantitative estimate of drug-likeness (QED) is 0.837. The molecule has 0 unspecified atom stereocenters. The number of hydrogen-bond acceptors (Lipinski definition) is 3. The van der Waals surface area contributed by atoms with E-state index in [0.717, 1.165) is 38.1 Å². The molecule has 0 atom stereocenters. The van der Waals surface area contributed by atoms with Gasteiger partial charge in [-0.3, -0.25) is 4.79 Å². The first-order valence-corrected chi connectivity index (χ1v) is 7.33. The van der Waals surface area contributed by atoms with Crippen LogP contribution in [0, 0.1) is 11.6 Å². The van der Waals surface area contributed by atoms with Gasteiger partial charge < -0.3 is 16.0 Å². The molecule has 3 N–H and O–H groups in total. The number of nitrogen functional groups attached to an aromatic ring is 1. The van der Waals surface area contributed by atoms with Gasteiger partial charge in [0.25, 0.3) is 5.91 Å². The summed E-state index contributed by atoms with van der Waals surface area (Å²) in [7, 11) is 0. The van der Waals surface area contributed by atoms with Crippen LogP contribution in [0.15, 0.2) is 12.1 Å². The Balaban J connectivity index is 1.88. The summed E-state index contributed by atoms with van der Waals surface area (Å²) in [5, 5.41) is 2.56. The zero-order chi connectivity index (χ0) is 15.2. The first-order valence-electron chi connectivity index (χ1n) is 7.33. The van der Waals surface area contributed by atoms with E-state index in [1.807, 2.05) is 0 Å². The Morgan fingerprint density at radius 2 is 1.86 bits per heavy atom. The second kappa shape index (κ2) is 7.36. The summed E-state index contributed by atoms with van der Waals surface area (Å²) in [4.78, 5) is 14.1. The highest BCUT2D eigenvalue weighted by Crippen LogP contribution is 2.18. The van der Waals surface area contributed by atoms with Crippen LogP contribution in [-0.2, 0) is 0 Å². The Hall–Kier alpha value is -1.69. The minimum atomic E-state index is -0.998. The van der Waals surface area contributed by atoms with E-state index in [-0.39, 0.29) is 5.69 Å². The molecule has 6 heteroatoms. The van der Waals surface area contributed by atoms with E-state index in [1.54, 1.807) is 0 Å². The van der Waals surface area contributed by atoms with Crippen LogP contribution in [0.2, 0.25) is 0 Å². The number of carbonyl (C=O) groups is 1. The monoisotopic (exact) mass is 297 g/mol. The fourth-order valence-corrected chi connectivity index (χ4v) is 2.55. The van der Waals surface area contributed by atoms with E-state index in [1.165, 1.54) is 12.8 Å². The maximum absolute atomic E-state index is 13.7. The van der Waals surface area contributed by atoms with Crippen LogP contribution in [0.5, 0.6) is 0 Å². The van der Waals surface area contributed by atoms with Gasteiger partial charge in [0.1, 0.15) is 11.4 Å². The molecule has 1 aliphatic rings. The normalized spacial score (nSPS) is 16.5. The Bertz CT molecular complexity index is 500. The zero-order valence-electron chi connectivity index (χ0n) is 12.0. The van der Waals surface area contributed by atoms with Gasteiger partial charge in [-0.15, -0.1) is 0 Å². The molecule has 1 aliphatic heterocycles. The van der Waals surface area contributed by atoms with Crippen molar-refractivity contribution in [2.24, 2.45) is 0 Å². The summed E-state index contributed by atoms with van der Waals surface area (Å²) in [5.41, 5.74) is 4.53. The molecule has 0 aliphatic carbocycles. The van der Waals surface area contributed by atoms with Gasteiger partial charge in [-0.25, -0.2) is 8.78 Å². The second-order valence-corrected chi connectivity index (χ2v) is 5.34. The summed E-state index contributed by atoms with van der Waals surface area (Å²) in [6.45, 7) is 3.08. The predicted molar refractivity (Wildman–Crippen MR) is 78.0 cm³/mol. The molecule has 0 saturated carbocycles. The van der Waals surface area contributed by atoms with Crippen molar-refractivity contribution in [2.75, 3.05) is 31.9 Å². The number of halogens is 2. The Labute approximate surface area is 123 Å². The summed E-state index contributed by atoms with van der Waals surface area (Å²) >= 11 is 0. The van der Waals surface area contributed by atoms with Gasteiger partial charge in [-0.05, 0) is 38.1 Å². The van der Waals surface area contributed by atoms with Crippen molar-refractivity contribution < 1.29 is 13.6 Å². The highest BCUT2D eigenvalue weighted by molar-refractivity contribution is 5.95. The molecular weight excluding hydrogens is 276 g/mol. The average molecular weight is 297 g/mol. The topological polar surface area (TPSA) is 58.4 Å². The van der Waals surface area contributed by atoms with Crippen molar-refractivity contribution in [3.63, 3.8) is 0 Å². The van der Waals surface area contributed by atoms with Crippen LogP contribution >= 0.6 is 0 Å². The molecule has 1 saturated heterocycles. The van der Waals surface area contributed by atoms with Crippen LogP contribution in [0.3, 0.4) is 0 Å². The maximum atomic E-state index is 13.7. The van der Waals surface area contributed by atoms with Crippen LogP contribution in [0.1, 0.15) is 36.0 Å². The van der Waals surface area contributed by atoms with Crippen molar-refractivity contribution in [1.82, 2.24) is 10.2 Å². The lowest BCUT2D eigenvalue weighted by Gasteiger charge is -2.19. The molecule has 21 heavy (non-hydrogen) atoms. The lowest BCUT2D eigenvalue weighted by Crippen LogP contribution is -2.36. The molecule has 1 aromatic rings. The molecule has 0 aromatic heterocycles. The summed E-state index contributed by atoms with van der Waals surface area (Å²) in [6.07, 6.45) is 4.80. The van der Waals surface area contributed by atoms with Crippen molar-refractivity contribution in [3.8, 4) is 0 Å². The number of nitrogens with zero attached hydrogens (tertiary/aromatic N) is 1. The molecule has 0 spiro atoms. The van der Waals surface area contributed by atoms with Gasteiger partial charge in [0, 0.05) is 13.1 Å². The molecule has 4 nitrogen and oxygen atoms in total. The van der Waals surface area contributed by atoms with E-state index < -0.39 is 23.1 Å². The lowest BCUT2D eigenvalue weighted by atomic mass is 10.1. The van der Waals surface area contributed by atoms with E-state index in [9.17, 15) is 13.6 Å². The van der Waals surface area contributed by atoms with E-state index in [0.29, 0.717) is 13.1 Å². The molecule has 1 aromatic carbocycles. The number of likely N-dealkylation sites (tertiary alicyclic amines) is 1. The molecule has 116 valence electrons. The highest BCUT2D eigenvalue weighted by atomic mass is 19.1. The second-order valence-electron chi connectivity index (χ2n) is 5.34. The van der Waals surface area contributed by atoms with Crippen molar-refractivity contribution in [2.45, 2.75) is 25.7 Å². The van der Waals surface area contributed by atoms with E-state index in [2.05, 4.69) is 10.2 Å². The SMILES string of the molecule is Nc1ccc(F)c(C(=O)NCCN2CCCCCC2)c1F. The minimum Gasteiger partial charge on any atom is -0.396 e. The van der Waals surface area contributed by atoms with Crippen molar-refractivity contribution >= 4 is 11.6 Å². The highest BCUT2D eigenvalue weighted by Gasteiger charge is 2.19. The molecule has 0 radical (unpaired) electrons. The summed E-state index contributed by atoms with van der Waals surface area (Å²) in [5.74, 6) is -2.65. The van der Waals surface area contributed by atoms with Gasteiger partial charge in [-0.1, -0.05) is 12.8 Å². The number of benzene rings is 1. The fraction of sp³-hybridized carbons (Fsp3) is 0.533. The van der Waals surface area contributed by atoms with Gasteiger partial charge in [0.2, 0.25) is 0 Å². The van der Waals surface area contributed by atoms with Crippen LogP contribution in [0.25, 0.3) is 0 Å². The first-order chi connectivity index (χ1) is 10.1. The maximum Gasteiger partial charge on any atom is 0.257 e. The smallest absolute Gasteiger partial charge is 0.257 e. The summed E-state index contributed by atoms with van der Waals surface area (Å²) in [6, 6.07) is 2.11. The third-order valence-corrected chi connectivity index (χ3v) is 3.76. The number of hydrogen-bond donors (Lipinski definition) is 2. The van der Waals surface area contributed by atoms with Crippen molar-refractivity contribution in [1.29, 1.82) is 0 Å². The van der Waals surface area contributed by atoms with Crippen LogP contribution < -0.4 is 11.1 Å². The van der Waals surface area contributed by atoms with Gasteiger partial charge in [0.05, 0.1) is 5.69 Å². The molecule has 2 rings (SSSR count). The van der Waals surface area contributed by atoms with Crippen molar-refractivity contribution in [3.05, 3.63) is 29.3 Å². The van der Waals surface area contributed by atoms with E-state index in [4.69, 9.17) is 5.73 Å². The fourth-order valence-electron chi connectivity index (χ4n) is 2.55. The van der Waals surface area contributed by atoms with Gasteiger partial charge in [0.15, 0.2) is 5.82 Å². The average Bonchev–Trinajstić information content (AvgIpc) is 2.72. The molecule has 1 heterocycles. The number of carbonyl (C=O) groups excluding carboxylic acids is 1. The molecule has 1 fully saturated rings. The zero-order valence-corrected chi connectivity index (χ0v) is 12.0. The standard InChI is InChI=1S/C15H21F2N3O/c16-11-5-6-12(18)14(17)13(11)15(21)19-7-10-20-8-3-1-2-4-9-20/h5-6H,1-4,7-10,18H2,(H,19,21). The van der Waals surface area contributed by atoms with Crippen LogP contribution in [0.4, 0.5) is 14.5 Å². The van der Waals surface area contributed by atoms with Gasteiger partial charge >= 0.3 is 0 Å². The van der Waals surface area contributed by atoms with E-state index >= 15 is 0 Å². The number of nitrogens with one attached hydrogen (secondary N) is 1. The summed E-state index contributed by atoms with van der Waals surface area (Å²) < 4.78 is 27.3. The van der Waals surface area contributed by atoms with Crippen LogP contribution in [-0.4, -0.2) is 37.0 Å². The van der Waals surface area contributed by atoms with Gasteiger partial charge in [-0.2, -0.15) is 0 Å². The number of anilines is 1.